The number of azo groups is 1. The molecular weight excluding hydrogens is 88.1 g/mol. The van der Waals surface area contributed by atoms with Gasteiger partial charge in [-0.15, -0.1) is 0 Å². The van der Waals surface area contributed by atoms with Gasteiger partial charge in [-0.3, -0.25) is 0 Å². The van der Waals surface area contributed by atoms with Crippen molar-refractivity contribution in [3.05, 3.63) is 0 Å². The van der Waals surface area contributed by atoms with Crippen molar-refractivity contribution in [3.8, 4) is 0 Å². The fourth-order valence-corrected chi connectivity index (χ4v) is 0.279. The molecule has 0 saturated carbocycles. The smallest absolute Gasteiger partial charge is 0.0677 e. The van der Waals surface area contributed by atoms with Crippen molar-refractivity contribution in [1.29, 1.82) is 0 Å². The van der Waals surface area contributed by atoms with Gasteiger partial charge < -0.3 is 0 Å². The van der Waals surface area contributed by atoms with Gasteiger partial charge in [0.15, 0.2) is 0 Å². The minimum absolute atomic E-state index is 0.407. The molecule has 0 heterocycles. The Labute approximate surface area is 44.6 Å². The van der Waals surface area contributed by atoms with Gasteiger partial charge >= 0.3 is 0 Å². The van der Waals surface area contributed by atoms with Crippen LogP contribution in [0.3, 0.4) is 0 Å². The van der Waals surface area contributed by atoms with Crippen molar-refractivity contribution in [1.82, 2.24) is 0 Å². The molecule has 1 atom stereocenters. The minimum Gasteiger partial charge on any atom is -0.197 e. The molecule has 2 heteroatoms. The van der Waals surface area contributed by atoms with Gasteiger partial charge in [-0.05, 0) is 13.3 Å². The van der Waals surface area contributed by atoms with Gasteiger partial charge in [0, 0.05) is 7.05 Å². The third kappa shape index (κ3) is 3.43. The SMILES string of the molecule is CC[C@H](C)N=NC. The van der Waals surface area contributed by atoms with Crippen LogP contribution in [0.4, 0.5) is 0 Å². The Bertz CT molecular complexity index is 59.1. The molecule has 0 bridgehead atoms. The van der Waals surface area contributed by atoms with E-state index in [1.807, 2.05) is 6.92 Å². The lowest BCUT2D eigenvalue weighted by molar-refractivity contribution is 0.674. The molecular formula is C5H12N2. The van der Waals surface area contributed by atoms with Gasteiger partial charge in [-0.1, -0.05) is 6.92 Å². The molecule has 0 aromatic carbocycles. The number of hydrogen-bond acceptors (Lipinski definition) is 2. The third-order valence-corrected chi connectivity index (χ3v) is 0.903. The van der Waals surface area contributed by atoms with Gasteiger partial charge in [0.2, 0.25) is 0 Å². The van der Waals surface area contributed by atoms with E-state index in [9.17, 15) is 0 Å². The van der Waals surface area contributed by atoms with E-state index in [1.165, 1.54) is 0 Å². The highest BCUT2D eigenvalue weighted by Gasteiger charge is 1.88. The Kier molecular flexibility index (Phi) is 3.56. The van der Waals surface area contributed by atoms with Crippen molar-refractivity contribution in [3.63, 3.8) is 0 Å². The predicted octanol–water partition coefficient (Wildman–Crippen LogP) is 1.87. The third-order valence-electron chi connectivity index (χ3n) is 0.903. The molecule has 42 valence electrons. The Balaban J connectivity index is 3.16. The van der Waals surface area contributed by atoms with Crippen LogP contribution in [-0.4, -0.2) is 13.1 Å². The zero-order valence-corrected chi connectivity index (χ0v) is 5.18. The Hall–Kier alpha value is -0.400. The summed E-state index contributed by atoms with van der Waals surface area (Å²) >= 11 is 0. The summed E-state index contributed by atoms with van der Waals surface area (Å²) < 4.78 is 0. The molecule has 0 saturated heterocycles. The average molecular weight is 100 g/mol. The summed E-state index contributed by atoms with van der Waals surface area (Å²) in [6.45, 7) is 4.15. The normalized spacial score (nSPS) is 15.3. The average Bonchev–Trinajstić information content (AvgIpc) is 1.68. The van der Waals surface area contributed by atoms with Crippen LogP contribution in [0, 0.1) is 0 Å². The summed E-state index contributed by atoms with van der Waals surface area (Å²) in [5, 5.41) is 7.50. The van der Waals surface area contributed by atoms with Crippen LogP contribution in [-0.2, 0) is 0 Å². The first-order valence-corrected chi connectivity index (χ1v) is 2.60. The van der Waals surface area contributed by atoms with Crippen molar-refractivity contribution in [2.45, 2.75) is 26.3 Å². The number of nitrogens with zero attached hydrogens (tertiary/aromatic N) is 2. The maximum absolute atomic E-state index is 3.87. The van der Waals surface area contributed by atoms with Gasteiger partial charge in [0.25, 0.3) is 0 Å². The van der Waals surface area contributed by atoms with Crippen LogP contribution >= 0.6 is 0 Å². The topological polar surface area (TPSA) is 24.7 Å². The standard InChI is InChI=1S/C5H12N2/c1-4-5(2)7-6-3/h5H,4H2,1-3H3/t5-/m0/s1. The predicted molar refractivity (Wildman–Crippen MR) is 30.5 cm³/mol. The second kappa shape index (κ2) is 3.78. The molecule has 7 heavy (non-hydrogen) atoms. The zero-order valence-electron chi connectivity index (χ0n) is 5.18. The highest BCUT2D eigenvalue weighted by molar-refractivity contribution is 4.49. The molecule has 2 nitrogen and oxygen atoms in total. The first-order chi connectivity index (χ1) is 3.31. The van der Waals surface area contributed by atoms with Gasteiger partial charge in [0.05, 0.1) is 6.04 Å². The summed E-state index contributed by atoms with van der Waals surface area (Å²) in [4.78, 5) is 0. The molecule has 0 aliphatic heterocycles. The molecule has 0 unspecified atom stereocenters. The van der Waals surface area contributed by atoms with Gasteiger partial charge in [-0.25, -0.2) is 0 Å². The second-order valence-electron chi connectivity index (χ2n) is 1.57. The maximum Gasteiger partial charge on any atom is 0.0677 e. The lowest BCUT2D eigenvalue weighted by atomic mass is 10.3. The van der Waals surface area contributed by atoms with E-state index < -0.39 is 0 Å². The van der Waals surface area contributed by atoms with Crippen molar-refractivity contribution >= 4 is 0 Å². The summed E-state index contributed by atoms with van der Waals surface area (Å²) in [6, 6.07) is 0.407. The van der Waals surface area contributed by atoms with Gasteiger partial charge in [-0.2, -0.15) is 10.2 Å². The lowest BCUT2D eigenvalue weighted by Gasteiger charge is -1.94. The fraction of sp³-hybridized carbons (Fsp3) is 1.00. The molecule has 0 rings (SSSR count). The molecule has 0 radical (unpaired) electrons. The summed E-state index contributed by atoms with van der Waals surface area (Å²) in [6.07, 6.45) is 1.08. The van der Waals surface area contributed by atoms with Crippen LogP contribution in [0.25, 0.3) is 0 Å². The highest BCUT2D eigenvalue weighted by Crippen LogP contribution is 1.93. The van der Waals surface area contributed by atoms with E-state index in [0.29, 0.717) is 6.04 Å². The number of hydrogen-bond donors (Lipinski definition) is 0. The van der Waals surface area contributed by atoms with Crippen molar-refractivity contribution in [2.75, 3.05) is 7.05 Å². The molecule has 0 aromatic heterocycles. The number of rotatable bonds is 2. The Morgan fingerprint density at radius 3 is 2.29 bits per heavy atom. The molecule has 0 aliphatic rings. The minimum atomic E-state index is 0.407. The van der Waals surface area contributed by atoms with E-state index in [-0.39, 0.29) is 0 Å². The molecule has 0 aromatic rings. The summed E-state index contributed by atoms with van der Waals surface area (Å²) in [5.74, 6) is 0. The van der Waals surface area contributed by atoms with Crippen LogP contribution < -0.4 is 0 Å². The van der Waals surface area contributed by atoms with Crippen molar-refractivity contribution in [2.24, 2.45) is 10.2 Å². The fourth-order valence-electron chi connectivity index (χ4n) is 0.279. The van der Waals surface area contributed by atoms with E-state index >= 15 is 0 Å². The van der Waals surface area contributed by atoms with E-state index in [0.717, 1.165) is 6.42 Å². The molecule has 0 fully saturated rings. The summed E-state index contributed by atoms with van der Waals surface area (Å²) in [5.41, 5.74) is 0. The second-order valence-corrected chi connectivity index (χ2v) is 1.57. The van der Waals surface area contributed by atoms with Crippen LogP contribution in [0.15, 0.2) is 10.2 Å². The van der Waals surface area contributed by atoms with E-state index in [1.54, 1.807) is 7.05 Å². The van der Waals surface area contributed by atoms with E-state index in [4.69, 9.17) is 0 Å². The Morgan fingerprint density at radius 2 is 2.14 bits per heavy atom. The van der Waals surface area contributed by atoms with Crippen LogP contribution in [0.2, 0.25) is 0 Å². The summed E-state index contributed by atoms with van der Waals surface area (Å²) in [7, 11) is 1.70. The maximum atomic E-state index is 3.87. The van der Waals surface area contributed by atoms with Crippen LogP contribution in [0.5, 0.6) is 0 Å². The van der Waals surface area contributed by atoms with Gasteiger partial charge in [0.1, 0.15) is 0 Å². The van der Waals surface area contributed by atoms with E-state index in [2.05, 4.69) is 17.2 Å². The molecule has 0 aliphatic carbocycles. The highest BCUT2D eigenvalue weighted by atomic mass is 15.1. The Morgan fingerprint density at radius 1 is 1.57 bits per heavy atom. The largest absolute Gasteiger partial charge is 0.197 e. The molecule has 0 spiro atoms. The van der Waals surface area contributed by atoms with Crippen molar-refractivity contribution < 1.29 is 0 Å². The first-order valence-electron chi connectivity index (χ1n) is 2.60. The van der Waals surface area contributed by atoms with Crippen LogP contribution in [0.1, 0.15) is 20.3 Å². The quantitative estimate of drug-likeness (QED) is 0.473. The first kappa shape index (κ1) is 6.60. The zero-order chi connectivity index (χ0) is 5.70. The molecule has 0 amide bonds. The lowest BCUT2D eigenvalue weighted by Crippen LogP contribution is -1.90. The molecule has 0 N–H and O–H groups in total. The monoisotopic (exact) mass is 100 g/mol.